The van der Waals surface area contributed by atoms with Gasteiger partial charge < -0.3 is 19.4 Å². The van der Waals surface area contributed by atoms with E-state index in [2.05, 4.69) is 29.4 Å². The van der Waals surface area contributed by atoms with Gasteiger partial charge in [-0.05, 0) is 48.6 Å². The van der Waals surface area contributed by atoms with Gasteiger partial charge in [0.25, 0.3) is 0 Å². The molecule has 0 spiro atoms. The minimum absolute atomic E-state index is 0.0426. The lowest BCUT2D eigenvalue weighted by Gasteiger charge is -2.32. The summed E-state index contributed by atoms with van der Waals surface area (Å²) in [7, 11) is 0. The number of piperidine rings is 1. The summed E-state index contributed by atoms with van der Waals surface area (Å²) >= 11 is 0. The lowest BCUT2D eigenvalue weighted by molar-refractivity contribution is -0.132. The molecule has 0 unspecified atom stereocenters. The SMILES string of the molecule is O=C(CCC(=O)N1CCC(c2c[nH]c3ccccc23)CC1)c1ccc2c(c1)OCCO2. The first-order chi connectivity index (χ1) is 15.2. The Balaban J connectivity index is 1.14. The van der Waals surface area contributed by atoms with Crippen molar-refractivity contribution in [3.63, 3.8) is 0 Å². The van der Waals surface area contributed by atoms with Crippen molar-refractivity contribution < 1.29 is 19.1 Å². The van der Waals surface area contributed by atoms with Gasteiger partial charge in [0.05, 0.1) is 0 Å². The summed E-state index contributed by atoms with van der Waals surface area (Å²) in [5.74, 6) is 1.74. The number of Topliss-reactive ketones (excluding diaryl/α,β-unsaturated/α-hetero) is 1. The quantitative estimate of drug-likeness (QED) is 0.627. The summed E-state index contributed by atoms with van der Waals surface area (Å²) in [5.41, 5.74) is 3.07. The van der Waals surface area contributed by atoms with Crippen LogP contribution in [0.2, 0.25) is 0 Å². The third-order valence-corrected chi connectivity index (χ3v) is 6.34. The second kappa shape index (κ2) is 8.46. The maximum absolute atomic E-state index is 12.7. The molecule has 0 bridgehead atoms. The molecule has 1 saturated heterocycles. The molecule has 2 aliphatic heterocycles. The Bertz CT molecular complexity index is 1110. The van der Waals surface area contributed by atoms with E-state index in [-0.39, 0.29) is 24.5 Å². The minimum Gasteiger partial charge on any atom is -0.486 e. The van der Waals surface area contributed by atoms with E-state index < -0.39 is 0 Å². The van der Waals surface area contributed by atoms with E-state index >= 15 is 0 Å². The van der Waals surface area contributed by atoms with Crippen molar-refractivity contribution in [3.8, 4) is 11.5 Å². The predicted molar refractivity (Wildman–Crippen MR) is 118 cm³/mol. The number of likely N-dealkylation sites (tertiary alicyclic amines) is 1. The van der Waals surface area contributed by atoms with Crippen molar-refractivity contribution in [2.75, 3.05) is 26.3 Å². The third kappa shape index (κ3) is 4.02. The molecule has 160 valence electrons. The van der Waals surface area contributed by atoms with Crippen molar-refractivity contribution in [1.82, 2.24) is 9.88 Å². The van der Waals surface area contributed by atoms with Gasteiger partial charge in [0, 0.05) is 48.6 Å². The minimum atomic E-state index is -0.0426. The van der Waals surface area contributed by atoms with Gasteiger partial charge in [-0.3, -0.25) is 9.59 Å². The van der Waals surface area contributed by atoms with Crippen molar-refractivity contribution in [2.24, 2.45) is 0 Å². The van der Waals surface area contributed by atoms with Crippen molar-refractivity contribution in [1.29, 1.82) is 0 Å². The lowest BCUT2D eigenvalue weighted by Crippen LogP contribution is -2.38. The number of hydrogen-bond donors (Lipinski definition) is 1. The summed E-state index contributed by atoms with van der Waals surface area (Å²) in [5, 5.41) is 1.28. The van der Waals surface area contributed by atoms with Crippen LogP contribution in [0.5, 0.6) is 11.5 Å². The number of ether oxygens (including phenoxy) is 2. The third-order valence-electron chi connectivity index (χ3n) is 6.34. The molecule has 3 heterocycles. The number of para-hydroxylation sites is 1. The van der Waals surface area contributed by atoms with Crippen molar-refractivity contribution in [2.45, 2.75) is 31.6 Å². The summed E-state index contributed by atoms with van der Waals surface area (Å²) < 4.78 is 11.0. The monoisotopic (exact) mass is 418 g/mol. The zero-order valence-electron chi connectivity index (χ0n) is 17.4. The molecule has 5 rings (SSSR count). The number of H-pyrrole nitrogens is 1. The number of hydrogen-bond acceptors (Lipinski definition) is 4. The van der Waals surface area contributed by atoms with Crippen LogP contribution in [0.25, 0.3) is 10.9 Å². The number of aromatic nitrogens is 1. The van der Waals surface area contributed by atoms with Crippen LogP contribution in [-0.2, 0) is 4.79 Å². The number of aromatic amines is 1. The number of fused-ring (bicyclic) bond motifs is 2. The molecule has 2 aromatic carbocycles. The second-order valence-electron chi connectivity index (χ2n) is 8.23. The van der Waals surface area contributed by atoms with E-state index in [1.807, 2.05) is 11.0 Å². The molecule has 1 fully saturated rings. The molecular formula is C25H26N2O4. The molecule has 1 aromatic heterocycles. The molecule has 31 heavy (non-hydrogen) atoms. The van der Waals surface area contributed by atoms with Gasteiger partial charge in [0.2, 0.25) is 5.91 Å². The highest BCUT2D eigenvalue weighted by molar-refractivity contribution is 5.98. The Kier molecular flexibility index (Phi) is 5.37. The van der Waals surface area contributed by atoms with Crippen molar-refractivity contribution in [3.05, 3.63) is 59.8 Å². The molecule has 0 saturated carbocycles. The first-order valence-corrected chi connectivity index (χ1v) is 11.0. The van der Waals surface area contributed by atoms with Crippen LogP contribution >= 0.6 is 0 Å². The largest absolute Gasteiger partial charge is 0.486 e. The Morgan fingerprint density at radius 1 is 0.968 bits per heavy atom. The van der Waals surface area contributed by atoms with E-state index in [0.29, 0.717) is 36.2 Å². The molecule has 0 radical (unpaired) electrons. The molecule has 2 aliphatic rings. The van der Waals surface area contributed by atoms with Gasteiger partial charge in [0.15, 0.2) is 17.3 Å². The molecule has 6 heteroatoms. The number of carbonyl (C=O) groups excluding carboxylic acids is 2. The summed E-state index contributed by atoms with van der Waals surface area (Å²) in [4.78, 5) is 30.5. The van der Waals surface area contributed by atoms with E-state index in [0.717, 1.165) is 31.4 Å². The standard InChI is InChI=1S/C25H26N2O4/c28-22(18-5-7-23-24(15-18)31-14-13-30-23)6-8-25(29)27-11-9-17(10-12-27)20-16-26-21-4-2-1-3-19(20)21/h1-5,7,15-17,26H,6,8-14H2. The maximum Gasteiger partial charge on any atom is 0.223 e. The predicted octanol–water partition coefficient (Wildman–Crippen LogP) is 4.31. The van der Waals surface area contributed by atoms with Crippen LogP contribution in [0.4, 0.5) is 0 Å². The number of amides is 1. The summed E-state index contributed by atoms with van der Waals surface area (Å²) in [6, 6.07) is 13.6. The average molecular weight is 418 g/mol. The highest BCUT2D eigenvalue weighted by Gasteiger charge is 2.26. The number of benzene rings is 2. The number of nitrogens with one attached hydrogen (secondary N) is 1. The van der Waals surface area contributed by atoms with E-state index in [1.54, 1.807) is 18.2 Å². The van der Waals surface area contributed by atoms with Crippen LogP contribution in [0.3, 0.4) is 0 Å². The summed E-state index contributed by atoms with van der Waals surface area (Å²) in [6.07, 6.45) is 4.46. The van der Waals surface area contributed by atoms with Gasteiger partial charge in [-0.25, -0.2) is 0 Å². The van der Waals surface area contributed by atoms with Crippen LogP contribution in [0.15, 0.2) is 48.7 Å². The molecule has 1 N–H and O–H groups in total. The molecule has 1 amide bonds. The van der Waals surface area contributed by atoms with Gasteiger partial charge in [-0.15, -0.1) is 0 Å². The van der Waals surface area contributed by atoms with E-state index in [9.17, 15) is 9.59 Å². The maximum atomic E-state index is 12.7. The Labute approximate surface area is 181 Å². The number of ketones is 1. The fraction of sp³-hybridized carbons (Fsp3) is 0.360. The Morgan fingerprint density at radius 2 is 1.74 bits per heavy atom. The number of carbonyl (C=O) groups is 2. The van der Waals surface area contributed by atoms with Crippen LogP contribution in [0, 0.1) is 0 Å². The highest BCUT2D eigenvalue weighted by Crippen LogP contribution is 2.34. The topological polar surface area (TPSA) is 71.6 Å². The first kappa shape index (κ1) is 19.7. The lowest BCUT2D eigenvalue weighted by atomic mass is 9.89. The van der Waals surface area contributed by atoms with E-state index in [1.165, 1.54) is 10.9 Å². The van der Waals surface area contributed by atoms with Crippen LogP contribution in [0.1, 0.15) is 47.5 Å². The van der Waals surface area contributed by atoms with Gasteiger partial charge in [-0.1, -0.05) is 18.2 Å². The first-order valence-electron chi connectivity index (χ1n) is 11.0. The fourth-order valence-electron chi connectivity index (χ4n) is 4.61. The van der Waals surface area contributed by atoms with Gasteiger partial charge in [-0.2, -0.15) is 0 Å². The number of rotatable bonds is 5. The normalized spacial score (nSPS) is 16.5. The smallest absolute Gasteiger partial charge is 0.223 e. The summed E-state index contributed by atoms with van der Waals surface area (Å²) in [6.45, 7) is 2.48. The fourth-order valence-corrected chi connectivity index (χ4v) is 4.61. The van der Waals surface area contributed by atoms with Gasteiger partial charge >= 0.3 is 0 Å². The zero-order valence-corrected chi connectivity index (χ0v) is 17.4. The van der Waals surface area contributed by atoms with E-state index in [4.69, 9.17) is 9.47 Å². The molecular weight excluding hydrogens is 392 g/mol. The molecule has 0 atom stereocenters. The molecule has 6 nitrogen and oxygen atoms in total. The zero-order chi connectivity index (χ0) is 21.2. The Morgan fingerprint density at radius 3 is 2.58 bits per heavy atom. The molecule has 3 aromatic rings. The van der Waals surface area contributed by atoms with Gasteiger partial charge in [0.1, 0.15) is 13.2 Å². The van der Waals surface area contributed by atoms with Crippen LogP contribution < -0.4 is 9.47 Å². The average Bonchev–Trinajstić information content (AvgIpc) is 3.26. The molecule has 0 aliphatic carbocycles. The van der Waals surface area contributed by atoms with Crippen molar-refractivity contribution >= 4 is 22.6 Å². The Hall–Kier alpha value is -3.28. The second-order valence-corrected chi connectivity index (χ2v) is 8.23. The van der Waals surface area contributed by atoms with Crippen LogP contribution in [-0.4, -0.2) is 47.9 Å². The highest BCUT2D eigenvalue weighted by atomic mass is 16.6. The number of nitrogens with zero attached hydrogens (tertiary/aromatic N) is 1.